The zero-order chi connectivity index (χ0) is 19.7. The van der Waals surface area contributed by atoms with Crippen LogP contribution < -0.4 is 5.32 Å². The molecule has 3 aromatic heterocycles. The van der Waals surface area contributed by atoms with Crippen molar-refractivity contribution in [2.45, 2.75) is 38.6 Å². The monoisotopic (exact) mass is 378 g/mol. The first kappa shape index (κ1) is 18.4. The molecule has 0 aliphatic carbocycles. The summed E-state index contributed by atoms with van der Waals surface area (Å²) in [6, 6.07) is 6.27. The van der Waals surface area contributed by atoms with E-state index in [0.717, 1.165) is 53.9 Å². The summed E-state index contributed by atoms with van der Waals surface area (Å²) >= 11 is 0. The predicted molar refractivity (Wildman–Crippen MR) is 109 cm³/mol. The van der Waals surface area contributed by atoms with Crippen LogP contribution in [0.15, 0.2) is 36.9 Å². The maximum atomic E-state index is 12.3. The number of imidazole rings is 1. The smallest absolute Gasteiger partial charge is 0.317 e. The summed E-state index contributed by atoms with van der Waals surface area (Å²) in [5.41, 5.74) is 4.89. The van der Waals surface area contributed by atoms with Crippen molar-refractivity contribution in [1.29, 1.82) is 0 Å². The second kappa shape index (κ2) is 7.58. The molecule has 0 atom stereocenters. The average Bonchev–Trinajstić information content (AvgIpc) is 3.08. The number of fused-ring (bicyclic) bond motifs is 1. The lowest BCUT2D eigenvalue weighted by atomic mass is 9.92. The lowest BCUT2D eigenvalue weighted by Gasteiger charge is -2.32. The quantitative estimate of drug-likeness (QED) is 0.758. The van der Waals surface area contributed by atoms with E-state index in [1.54, 1.807) is 6.20 Å². The molecule has 1 fully saturated rings. The van der Waals surface area contributed by atoms with Crippen LogP contribution in [0.25, 0.3) is 22.3 Å². The van der Waals surface area contributed by atoms with Crippen molar-refractivity contribution in [3.63, 3.8) is 0 Å². The highest BCUT2D eigenvalue weighted by Crippen LogP contribution is 2.32. The van der Waals surface area contributed by atoms with Crippen LogP contribution in [0.1, 0.15) is 38.3 Å². The largest absolute Gasteiger partial charge is 0.336 e. The summed E-state index contributed by atoms with van der Waals surface area (Å²) in [5, 5.41) is 2.98. The van der Waals surface area contributed by atoms with Crippen LogP contribution >= 0.6 is 0 Å². The number of nitrogens with zero attached hydrogens (tertiary/aromatic N) is 5. The molecule has 7 nitrogen and oxygen atoms in total. The minimum Gasteiger partial charge on any atom is -0.336 e. The first-order valence-corrected chi connectivity index (χ1v) is 9.80. The number of urea groups is 1. The first-order valence-electron chi connectivity index (χ1n) is 9.80. The van der Waals surface area contributed by atoms with Crippen LogP contribution in [0.3, 0.4) is 0 Å². The lowest BCUT2D eigenvalue weighted by Crippen LogP contribution is -2.46. The molecule has 1 saturated heterocycles. The van der Waals surface area contributed by atoms with E-state index in [4.69, 9.17) is 4.98 Å². The van der Waals surface area contributed by atoms with E-state index in [2.05, 4.69) is 21.4 Å². The number of pyridine rings is 2. The number of hydrogen-bond donors (Lipinski definition) is 1. The van der Waals surface area contributed by atoms with E-state index in [9.17, 15) is 4.79 Å². The van der Waals surface area contributed by atoms with E-state index >= 15 is 0 Å². The van der Waals surface area contributed by atoms with Crippen LogP contribution in [0.4, 0.5) is 4.79 Å². The number of piperidine rings is 1. The molecule has 0 saturated carbocycles. The van der Waals surface area contributed by atoms with Crippen LogP contribution in [0, 0.1) is 0 Å². The number of rotatable bonds is 3. The fourth-order valence-electron chi connectivity index (χ4n) is 3.78. The van der Waals surface area contributed by atoms with Gasteiger partial charge in [-0.2, -0.15) is 0 Å². The number of hydrogen-bond acceptors (Lipinski definition) is 4. The Balaban J connectivity index is 1.62. The number of aromatic nitrogens is 4. The number of carbonyl (C=O) groups excluding carboxylic acids is 1. The Labute approximate surface area is 164 Å². The summed E-state index contributed by atoms with van der Waals surface area (Å²) < 4.78 is 2.03. The van der Waals surface area contributed by atoms with Gasteiger partial charge in [-0.25, -0.2) is 9.78 Å². The Kier molecular flexibility index (Phi) is 4.98. The fourth-order valence-corrected chi connectivity index (χ4v) is 3.78. The van der Waals surface area contributed by atoms with E-state index in [0.29, 0.717) is 5.92 Å². The van der Waals surface area contributed by atoms with Crippen LogP contribution in [-0.2, 0) is 7.05 Å². The molecule has 146 valence electrons. The minimum atomic E-state index is 0.0274. The molecule has 0 bridgehead atoms. The number of carbonyl (C=O) groups is 1. The van der Waals surface area contributed by atoms with Gasteiger partial charge < -0.3 is 14.8 Å². The van der Waals surface area contributed by atoms with Gasteiger partial charge in [0.2, 0.25) is 0 Å². The molecule has 4 rings (SSSR count). The van der Waals surface area contributed by atoms with Gasteiger partial charge in [-0.15, -0.1) is 0 Å². The lowest BCUT2D eigenvalue weighted by molar-refractivity contribution is 0.178. The summed E-state index contributed by atoms with van der Waals surface area (Å²) in [5.74, 6) is 0.331. The Morgan fingerprint density at radius 2 is 2.07 bits per heavy atom. The van der Waals surface area contributed by atoms with Crippen molar-refractivity contribution in [3.8, 4) is 11.3 Å². The van der Waals surface area contributed by atoms with Crippen LogP contribution in [0.2, 0.25) is 0 Å². The van der Waals surface area contributed by atoms with Crippen LogP contribution in [0.5, 0.6) is 0 Å². The third-order valence-electron chi connectivity index (χ3n) is 5.28. The van der Waals surface area contributed by atoms with Gasteiger partial charge in [-0.3, -0.25) is 9.97 Å². The van der Waals surface area contributed by atoms with E-state index in [1.807, 2.05) is 55.0 Å². The number of aryl methyl sites for hydroxylation is 1. The molecule has 2 amide bonds. The first-order chi connectivity index (χ1) is 13.5. The van der Waals surface area contributed by atoms with Gasteiger partial charge in [0, 0.05) is 55.7 Å². The maximum absolute atomic E-state index is 12.3. The van der Waals surface area contributed by atoms with Crippen molar-refractivity contribution < 1.29 is 4.79 Å². The molecule has 0 radical (unpaired) electrons. The molecule has 0 aromatic carbocycles. The highest BCUT2D eigenvalue weighted by atomic mass is 16.2. The van der Waals surface area contributed by atoms with E-state index < -0.39 is 0 Å². The molecule has 4 heterocycles. The van der Waals surface area contributed by atoms with Crippen molar-refractivity contribution >= 4 is 17.1 Å². The molecular formula is C21H26N6O. The molecule has 28 heavy (non-hydrogen) atoms. The Morgan fingerprint density at radius 3 is 2.75 bits per heavy atom. The summed E-state index contributed by atoms with van der Waals surface area (Å²) in [6.07, 6.45) is 7.25. The number of amides is 2. The van der Waals surface area contributed by atoms with Gasteiger partial charge in [-0.1, -0.05) is 0 Å². The molecule has 7 heteroatoms. The Bertz CT molecular complexity index is 973. The number of likely N-dealkylation sites (tertiary alicyclic amines) is 1. The van der Waals surface area contributed by atoms with Gasteiger partial charge in [0.1, 0.15) is 5.52 Å². The number of nitrogens with one attached hydrogen (secondary N) is 1. The average molecular weight is 378 g/mol. The third kappa shape index (κ3) is 3.56. The maximum Gasteiger partial charge on any atom is 0.317 e. The summed E-state index contributed by atoms with van der Waals surface area (Å²) in [4.78, 5) is 28.0. The zero-order valence-electron chi connectivity index (χ0n) is 16.6. The summed E-state index contributed by atoms with van der Waals surface area (Å²) in [7, 11) is 2.00. The van der Waals surface area contributed by atoms with Crippen molar-refractivity contribution in [3.05, 3.63) is 42.6 Å². The Morgan fingerprint density at radius 1 is 1.29 bits per heavy atom. The topological polar surface area (TPSA) is 75.9 Å². The minimum absolute atomic E-state index is 0.0274. The molecular weight excluding hydrogens is 352 g/mol. The van der Waals surface area contributed by atoms with Gasteiger partial charge in [0.15, 0.2) is 0 Å². The molecule has 1 N–H and O–H groups in total. The van der Waals surface area contributed by atoms with Gasteiger partial charge in [0.05, 0.1) is 17.5 Å². The SMILES string of the molecule is CC(C)NC(=O)N1CCC(c2cc3c(ncn3C)c(-c3cccnc3)n2)CC1. The predicted octanol–water partition coefficient (Wildman–Crippen LogP) is 3.33. The van der Waals surface area contributed by atoms with Crippen LogP contribution in [-0.4, -0.2) is 49.6 Å². The molecule has 1 aliphatic heterocycles. The van der Waals surface area contributed by atoms with Gasteiger partial charge in [0.25, 0.3) is 0 Å². The zero-order valence-corrected chi connectivity index (χ0v) is 16.6. The fraction of sp³-hybridized carbons (Fsp3) is 0.429. The second-order valence-corrected chi connectivity index (χ2v) is 7.73. The molecule has 0 spiro atoms. The highest BCUT2D eigenvalue weighted by molar-refractivity contribution is 5.89. The van der Waals surface area contributed by atoms with Crippen molar-refractivity contribution in [2.24, 2.45) is 7.05 Å². The normalized spacial score (nSPS) is 15.4. The standard InChI is InChI=1S/C21H26N6O/c1-14(2)24-21(28)27-9-6-15(7-10-27)17-11-18-20(23-13-26(18)3)19(25-17)16-5-4-8-22-12-16/h4-5,8,11-15H,6-7,9-10H2,1-3H3,(H,24,28). The molecule has 1 aliphatic rings. The van der Waals surface area contributed by atoms with Crippen molar-refractivity contribution in [2.75, 3.05) is 13.1 Å². The summed E-state index contributed by atoms with van der Waals surface area (Å²) in [6.45, 7) is 5.46. The van der Waals surface area contributed by atoms with Gasteiger partial charge >= 0.3 is 6.03 Å². The second-order valence-electron chi connectivity index (χ2n) is 7.73. The van der Waals surface area contributed by atoms with Crippen molar-refractivity contribution in [1.82, 2.24) is 29.7 Å². The molecule has 3 aromatic rings. The van der Waals surface area contributed by atoms with E-state index in [-0.39, 0.29) is 12.1 Å². The highest BCUT2D eigenvalue weighted by Gasteiger charge is 2.26. The Hall–Kier alpha value is -2.96. The molecule has 0 unspecified atom stereocenters. The van der Waals surface area contributed by atoms with Gasteiger partial charge in [-0.05, 0) is 44.9 Å². The van der Waals surface area contributed by atoms with E-state index in [1.165, 1.54) is 0 Å². The third-order valence-corrected chi connectivity index (χ3v) is 5.28.